The second-order valence-electron chi connectivity index (χ2n) is 8.22. The molecule has 1 saturated heterocycles. The molecule has 2 rings (SSSR count). The van der Waals surface area contributed by atoms with E-state index in [0.717, 1.165) is 0 Å². The molecule has 2 aliphatic heterocycles. The number of β-amino-alcohol motifs (C(OH)–C–C–N with tert-alkyl or cyclic N) is 1. The summed E-state index contributed by atoms with van der Waals surface area (Å²) in [7, 11) is 0. The minimum absolute atomic E-state index is 0.0335. The first-order valence-corrected chi connectivity index (χ1v) is 10.7. The number of ether oxygens (including phenoxy) is 1. The summed E-state index contributed by atoms with van der Waals surface area (Å²) in [5.74, 6) is -0.571. The van der Waals surface area contributed by atoms with E-state index in [9.17, 15) is 19.5 Å². The van der Waals surface area contributed by atoms with Crippen molar-refractivity contribution in [2.75, 3.05) is 32.1 Å². The first-order valence-electron chi connectivity index (χ1n) is 9.62. The molecule has 10 nitrogen and oxygen atoms in total. The normalized spacial score (nSPS) is 25.1. The Balaban J connectivity index is 2.09. The van der Waals surface area contributed by atoms with Gasteiger partial charge in [0.1, 0.15) is 24.9 Å². The van der Waals surface area contributed by atoms with E-state index >= 15 is 0 Å². The van der Waals surface area contributed by atoms with Crippen LogP contribution in [-0.2, 0) is 19.1 Å². The van der Waals surface area contributed by atoms with Crippen LogP contribution >= 0.6 is 11.8 Å². The van der Waals surface area contributed by atoms with Crippen LogP contribution in [0.3, 0.4) is 0 Å². The number of carbonyl (C=O) groups is 3. The van der Waals surface area contributed by atoms with E-state index in [1.54, 1.807) is 5.55 Å². The first kappa shape index (κ1) is 23.6. The van der Waals surface area contributed by atoms with Gasteiger partial charge in [-0.2, -0.15) is 0 Å². The van der Waals surface area contributed by atoms with E-state index < -0.39 is 35.4 Å². The number of amides is 3. The molecule has 4 atom stereocenters. The SMILES string of the molecule is CC(C)(C)[C@H](NC(=O)COCCN)C(=O)N1C[C@H](O)C[C@H]1C(=O)NC1CSC=N1. The number of aliphatic hydroxyl groups is 1. The largest absolute Gasteiger partial charge is 0.391 e. The topological polar surface area (TPSA) is 146 Å². The highest BCUT2D eigenvalue weighted by Gasteiger charge is 2.44. The van der Waals surface area contributed by atoms with Gasteiger partial charge in [-0.15, -0.1) is 11.8 Å². The molecule has 11 heteroatoms. The van der Waals surface area contributed by atoms with Crippen LogP contribution in [-0.4, -0.2) is 89.7 Å². The fraction of sp³-hybridized carbons (Fsp3) is 0.778. The number of aliphatic imine (C=N–C) groups is 1. The number of rotatable bonds is 8. The third-order valence-corrected chi connectivity index (χ3v) is 5.44. The van der Waals surface area contributed by atoms with Crippen LogP contribution in [0.1, 0.15) is 27.2 Å². The van der Waals surface area contributed by atoms with E-state index in [1.807, 2.05) is 20.8 Å². The molecule has 0 aromatic heterocycles. The molecule has 0 saturated carbocycles. The summed E-state index contributed by atoms with van der Waals surface area (Å²) in [5.41, 5.74) is 6.41. The van der Waals surface area contributed by atoms with Crippen LogP contribution in [0, 0.1) is 5.41 Å². The van der Waals surface area contributed by atoms with Crippen molar-refractivity contribution in [3.8, 4) is 0 Å². The van der Waals surface area contributed by atoms with Crippen LogP contribution < -0.4 is 16.4 Å². The average molecular weight is 430 g/mol. The van der Waals surface area contributed by atoms with Gasteiger partial charge in [0.15, 0.2) is 0 Å². The molecule has 0 aromatic rings. The number of thioether (sulfide) groups is 1. The predicted octanol–water partition coefficient (Wildman–Crippen LogP) is -1.33. The number of nitrogens with one attached hydrogen (secondary N) is 2. The smallest absolute Gasteiger partial charge is 0.246 e. The van der Waals surface area contributed by atoms with Crippen molar-refractivity contribution >= 4 is 35.0 Å². The van der Waals surface area contributed by atoms with Gasteiger partial charge >= 0.3 is 0 Å². The second-order valence-corrected chi connectivity index (χ2v) is 9.09. The lowest BCUT2D eigenvalue weighted by Crippen LogP contribution is -2.58. The highest BCUT2D eigenvalue weighted by Crippen LogP contribution is 2.26. The molecule has 0 radical (unpaired) electrons. The number of likely N-dealkylation sites (tertiary alicyclic amines) is 1. The Kier molecular flexibility index (Phi) is 8.44. The van der Waals surface area contributed by atoms with Crippen LogP contribution in [0.2, 0.25) is 0 Å². The van der Waals surface area contributed by atoms with Gasteiger partial charge in [0.2, 0.25) is 17.7 Å². The summed E-state index contributed by atoms with van der Waals surface area (Å²) < 4.78 is 5.13. The molecule has 2 heterocycles. The molecule has 164 valence electrons. The Hall–Kier alpha value is -1.69. The maximum atomic E-state index is 13.3. The summed E-state index contributed by atoms with van der Waals surface area (Å²) in [5, 5.41) is 15.6. The third kappa shape index (κ3) is 6.66. The van der Waals surface area contributed by atoms with Crippen molar-refractivity contribution < 1.29 is 24.2 Å². The lowest BCUT2D eigenvalue weighted by Gasteiger charge is -2.35. The van der Waals surface area contributed by atoms with Gasteiger partial charge in [-0.3, -0.25) is 19.4 Å². The summed E-state index contributed by atoms with van der Waals surface area (Å²) >= 11 is 1.49. The number of aliphatic hydroxyl groups excluding tert-OH is 1. The maximum absolute atomic E-state index is 13.3. The van der Waals surface area contributed by atoms with E-state index in [4.69, 9.17) is 10.5 Å². The molecule has 1 fully saturated rings. The van der Waals surface area contributed by atoms with Crippen molar-refractivity contribution in [1.82, 2.24) is 15.5 Å². The summed E-state index contributed by atoms with van der Waals surface area (Å²) in [6, 6.07) is -1.69. The van der Waals surface area contributed by atoms with Gasteiger partial charge < -0.3 is 31.1 Å². The Bertz CT molecular complexity index is 639. The molecule has 0 aromatic carbocycles. The molecule has 0 bridgehead atoms. The zero-order valence-corrected chi connectivity index (χ0v) is 17.9. The standard InChI is InChI=1S/C18H31N5O5S/c1-18(2,3)15(22-14(25)8-28-5-4-19)17(27)23-7-11(24)6-12(23)16(26)21-13-9-29-10-20-13/h10-13,15,24H,4-9,19H2,1-3H3,(H,21,26)(H,22,25)/t11-,12+,13?,15-/m1/s1. The molecule has 0 aliphatic carbocycles. The quantitative estimate of drug-likeness (QED) is 0.350. The summed E-state index contributed by atoms with van der Waals surface area (Å²) in [6.07, 6.45) is -0.994. The third-order valence-electron chi connectivity index (χ3n) is 4.66. The van der Waals surface area contributed by atoms with Crippen molar-refractivity contribution in [2.45, 2.75) is 51.5 Å². The Morgan fingerprint density at radius 3 is 2.72 bits per heavy atom. The minimum atomic E-state index is -0.878. The van der Waals surface area contributed by atoms with Crippen LogP contribution in [0.5, 0.6) is 0 Å². The lowest BCUT2D eigenvalue weighted by atomic mass is 9.85. The van der Waals surface area contributed by atoms with E-state index in [-0.39, 0.29) is 38.3 Å². The van der Waals surface area contributed by atoms with Gasteiger partial charge in [0.25, 0.3) is 0 Å². The Labute approximate surface area is 175 Å². The molecule has 2 aliphatic rings. The fourth-order valence-corrected chi connectivity index (χ4v) is 3.88. The van der Waals surface area contributed by atoms with Crippen molar-refractivity contribution in [3.63, 3.8) is 0 Å². The van der Waals surface area contributed by atoms with E-state index in [2.05, 4.69) is 15.6 Å². The van der Waals surface area contributed by atoms with Crippen molar-refractivity contribution in [2.24, 2.45) is 16.1 Å². The zero-order valence-electron chi connectivity index (χ0n) is 17.1. The van der Waals surface area contributed by atoms with Gasteiger partial charge in [0, 0.05) is 25.3 Å². The molecule has 29 heavy (non-hydrogen) atoms. The minimum Gasteiger partial charge on any atom is -0.391 e. The molecular weight excluding hydrogens is 398 g/mol. The van der Waals surface area contributed by atoms with Gasteiger partial charge in [-0.1, -0.05) is 20.8 Å². The number of hydrogen-bond acceptors (Lipinski definition) is 8. The monoisotopic (exact) mass is 429 g/mol. The zero-order chi connectivity index (χ0) is 21.6. The first-order chi connectivity index (χ1) is 13.6. The Morgan fingerprint density at radius 1 is 1.41 bits per heavy atom. The van der Waals surface area contributed by atoms with Crippen molar-refractivity contribution in [1.29, 1.82) is 0 Å². The van der Waals surface area contributed by atoms with Crippen LogP contribution in [0.25, 0.3) is 0 Å². The molecule has 0 spiro atoms. The maximum Gasteiger partial charge on any atom is 0.246 e. The number of nitrogens with two attached hydrogens (primary N) is 1. The van der Waals surface area contributed by atoms with E-state index in [0.29, 0.717) is 12.3 Å². The Morgan fingerprint density at radius 2 is 2.14 bits per heavy atom. The number of nitrogens with zero attached hydrogens (tertiary/aromatic N) is 2. The van der Waals surface area contributed by atoms with Gasteiger partial charge in [-0.25, -0.2) is 0 Å². The molecule has 5 N–H and O–H groups in total. The van der Waals surface area contributed by atoms with E-state index in [1.165, 1.54) is 16.7 Å². The number of hydrogen-bond donors (Lipinski definition) is 4. The second kappa shape index (κ2) is 10.4. The highest BCUT2D eigenvalue weighted by molar-refractivity contribution is 8.12. The lowest BCUT2D eigenvalue weighted by molar-refractivity contribution is -0.144. The summed E-state index contributed by atoms with van der Waals surface area (Å²) in [4.78, 5) is 43.7. The number of carbonyl (C=O) groups excluding carboxylic acids is 3. The fourth-order valence-electron chi connectivity index (χ4n) is 3.20. The van der Waals surface area contributed by atoms with Gasteiger partial charge in [0.05, 0.1) is 18.3 Å². The van der Waals surface area contributed by atoms with Crippen LogP contribution in [0.4, 0.5) is 0 Å². The van der Waals surface area contributed by atoms with Gasteiger partial charge in [-0.05, 0) is 5.41 Å². The predicted molar refractivity (Wildman–Crippen MR) is 110 cm³/mol. The van der Waals surface area contributed by atoms with Crippen LogP contribution in [0.15, 0.2) is 4.99 Å². The summed E-state index contributed by atoms with van der Waals surface area (Å²) in [6.45, 7) is 5.82. The molecular formula is C18H31N5O5S. The highest BCUT2D eigenvalue weighted by atomic mass is 32.2. The molecule has 3 amide bonds. The molecule has 1 unspecified atom stereocenters. The van der Waals surface area contributed by atoms with Crippen molar-refractivity contribution in [3.05, 3.63) is 0 Å². The average Bonchev–Trinajstić information content (AvgIpc) is 3.27.